The lowest BCUT2D eigenvalue weighted by Gasteiger charge is -2.06. The van der Waals surface area contributed by atoms with Gasteiger partial charge in [0.15, 0.2) is 0 Å². The zero-order chi connectivity index (χ0) is 14.3. The SMILES string of the molecule is CN=C(/C=C(\C)CCCOC)c1ccc(F)c(C)c1. The van der Waals surface area contributed by atoms with Gasteiger partial charge in [-0.1, -0.05) is 5.57 Å². The maximum atomic E-state index is 13.3. The zero-order valence-electron chi connectivity index (χ0n) is 12.2. The Morgan fingerprint density at radius 2 is 2.16 bits per heavy atom. The van der Waals surface area contributed by atoms with Crippen molar-refractivity contribution in [1.82, 2.24) is 0 Å². The number of aliphatic imine (C=N–C) groups is 1. The molecule has 104 valence electrons. The highest BCUT2D eigenvalue weighted by molar-refractivity contribution is 6.09. The summed E-state index contributed by atoms with van der Waals surface area (Å²) >= 11 is 0. The molecule has 1 aromatic rings. The molecule has 0 aliphatic heterocycles. The number of halogens is 1. The van der Waals surface area contributed by atoms with Gasteiger partial charge in [0, 0.05) is 26.3 Å². The van der Waals surface area contributed by atoms with E-state index in [2.05, 4.69) is 18.0 Å². The smallest absolute Gasteiger partial charge is 0.126 e. The van der Waals surface area contributed by atoms with Crippen LogP contribution in [0.2, 0.25) is 0 Å². The fraction of sp³-hybridized carbons (Fsp3) is 0.438. The molecule has 0 heterocycles. The van der Waals surface area contributed by atoms with Crippen molar-refractivity contribution < 1.29 is 9.13 Å². The van der Waals surface area contributed by atoms with E-state index in [0.29, 0.717) is 5.56 Å². The van der Waals surface area contributed by atoms with Crippen LogP contribution in [0.4, 0.5) is 4.39 Å². The average Bonchev–Trinajstić information content (AvgIpc) is 2.39. The highest BCUT2D eigenvalue weighted by atomic mass is 19.1. The topological polar surface area (TPSA) is 21.6 Å². The Hall–Kier alpha value is -1.48. The van der Waals surface area contributed by atoms with Gasteiger partial charge in [-0.05, 0) is 56.5 Å². The van der Waals surface area contributed by atoms with E-state index in [4.69, 9.17) is 4.74 Å². The number of hydrogen-bond acceptors (Lipinski definition) is 2. The van der Waals surface area contributed by atoms with Gasteiger partial charge in [-0.15, -0.1) is 0 Å². The van der Waals surface area contributed by atoms with Gasteiger partial charge < -0.3 is 4.74 Å². The van der Waals surface area contributed by atoms with Crippen LogP contribution in [0, 0.1) is 12.7 Å². The van der Waals surface area contributed by atoms with Crippen molar-refractivity contribution in [3.63, 3.8) is 0 Å². The third-order valence-electron chi connectivity index (χ3n) is 3.00. The summed E-state index contributed by atoms with van der Waals surface area (Å²) in [4.78, 5) is 4.28. The third-order valence-corrected chi connectivity index (χ3v) is 3.00. The van der Waals surface area contributed by atoms with Crippen LogP contribution in [-0.4, -0.2) is 26.5 Å². The van der Waals surface area contributed by atoms with E-state index < -0.39 is 0 Å². The molecule has 0 radical (unpaired) electrons. The fourth-order valence-corrected chi connectivity index (χ4v) is 1.88. The summed E-state index contributed by atoms with van der Waals surface area (Å²) < 4.78 is 18.3. The summed E-state index contributed by atoms with van der Waals surface area (Å²) in [5, 5.41) is 0. The van der Waals surface area contributed by atoms with Gasteiger partial charge in [0.1, 0.15) is 5.82 Å². The molecular weight excluding hydrogens is 241 g/mol. The molecule has 0 bridgehead atoms. The molecule has 0 aliphatic carbocycles. The van der Waals surface area contributed by atoms with Crippen LogP contribution in [0.5, 0.6) is 0 Å². The van der Waals surface area contributed by atoms with Crippen LogP contribution in [0.25, 0.3) is 0 Å². The van der Waals surface area contributed by atoms with Gasteiger partial charge in [-0.3, -0.25) is 4.99 Å². The summed E-state index contributed by atoms with van der Waals surface area (Å²) in [5.41, 5.74) is 3.73. The molecule has 1 aromatic carbocycles. The number of allylic oxidation sites excluding steroid dienone is 2. The van der Waals surface area contributed by atoms with Gasteiger partial charge in [-0.2, -0.15) is 0 Å². The minimum absolute atomic E-state index is 0.181. The van der Waals surface area contributed by atoms with Crippen LogP contribution in [0.3, 0.4) is 0 Å². The number of methoxy groups -OCH3 is 1. The second-order valence-electron chi connectivity index (χ2n) is 4.66. The van der Waals surface area contributed by atoms with Crippen molar-refractivity contribution in [2.75, 3.05) is 20.8 Å². The number of benzene rings is 1. The number of rotatable bonds is 6. The standard InChI is InChI=1S/C16H22FNO/c1-12(6-5-9-19-4)10-16(18-3)14-7-8-15(17)13(2)11-14/h7-8,10-11H,5-6,9H2,1-4H3/b12-10+,18-16?. The van der Waals surface area contributed by atoms with Crippen molar-refractivity contribution in [1.29, 1.82) is 0 Å². The van der Waals surface area contributed by atoms with E-state index in [-0.39, 0.29) is 5.82 Å². The lowest BCUT2D eigenvalue weighted by atomic mass is 10.0. The summed E-state index contributed by atoms with van der Waals surface area (Å²) in [6, 6.07) is 5.09. The largest absolute Gasteiger partial charge is 0.385 e. The predicted molar refractivity (Wildman–Crippen MR) is 78.5 cm³/mol. The van der Waals surface area contributed by atoms with Crippen LogP contribution in [0.15, 0.2) is 34.8 Å². The van der Waals surface area contributed by atoms with E-state index in [9.17, 15) is 4.39 Å². The Labute approximate surface area is 115 Å². The molecule has 19 heavy (non-hydrogen) atoms. The first-order chi connectivity index (χ1) is 9.08. The fourth-order valence-electron chi connectivity index (χ4n) is 1.88. The van der Waals surface area contributed by atoms with Crippen molar-refractivity contribution in [3.05, 3.63) is 46.8 Å². The van der Waals surface area contributed by atoms with E-state index in [1.165, 1.54) is 11.6 Å². The normalized spacial score (nSPS) is 12.9. The Morgan fingerprint density at radius 1 is 1.42 bits per heavy atom. The summed E-state index contributed by atoms with van der Waals surface area (Å²) in [5.74, 6) is -0.181. The van der Waals surface area contributed by atoms with Gasteiger partial charge in [0.25, 0.3) is 0 Å². The maximum absolute atomic E-state index is 13.3. The van der Waals surface area contributed by atoms with Crippen LogP contribution >= 0.6 is 0 Å². The molecule has 1 rings (SSSR count). The van der Waals surface area contributed by atoms with E-state index in [0.717, 1.165) is 30.7 Å². The van der Waals surface area contributed by atoms with Crippen LogP contribution < -0.4 is 0 Å². The van der Waals surface area contributed by atoms with Crippen molar-refractivity contribution in [2.45, 2.75) is 26.7 Å². The predicted octanol–water partition coefficient (Wildman–Crippen LogP) is 3.93. The zero-order valence-corrected chi connectivity index (χ0v) is 12.2. The third kappa shape index (κ3) is 4.95. The van der Waals surface area contributed by atoms with Gasteiger partial charge in [-0.25, -0.2) is 4.39 Å². The van der Waals surface area contributed by atoms with Crippen molar-refractivity contribution in [2.24, 2.45) is 4.99 Å². The van der Waals surface area contributed by atoms with Crippen LogP contribution in [0.1, 0.15) is 30.9 Å². The van der Waals surface area contributed by atoms with Gasteiger partial charge >= 0.3 is 0 Å². The lowest BCUT2D eigenvalue weighted by molar-refractivity contribution is 0.195. The molecule has 0 N–H and O–H groups in total. The molecule has 2 nitrogen and oxygen atoms in total. The first-order valence-electron chi connectivity index (χ1n) is 6.48. The summed E-state index contributed by atoms with van der Waals surface area (Å²) in [6.07, 6.45) is 4.04. The number of ether oxygens (including phenoxy) is 1. The first kappa shape index (κ1) is 15.6. The average molecular weight is 263 g/mol. The molecule has 0 aliphatic rings. The molecule has 0 spiro atoms. The van der Waals surface area contributed by atoms with Crippen molar-refractivity contribution >= 4 is 5.71 Å². The summed E-state index contributed by atoms with van der Waals surface area (Å²) in [6.45, 7) is 4.61. The molecule has 0 atom stereocenters. The minimum atomic E-state index is -0.181. The Balaban J connectivity index is 2.83. The van der Waals surface area contributed by atoms with E-state index in [1.54, 1.807) is 27.1 Å². The summed E-state index contributed by atoms with van der Waals surface area (Å²) in [7, 11) is 3.46. The minimum Gasteiger partial charge on any atom is -0.385 e. The van der Waals surface area contributed by atoms with Crippen LogP contribution in [-0.2, 0) is 4.74 Å². The number of aryl methyl sites for hydroxylation is 1. The Morgan fingerprint density at radius 3 is 2.74 bits per heavy atom. The van der Waals surface area contributed by atoms with E-state index in [1.807, 2.05) is 6.07 Å². The molecule has 0 aromatic heterocycles. The maximum Gasteiger partial charge on any atom is 0.126 e. The van der Waals surface area contributed by atoms with Crippen molar-refractivity contribution in [3.8, 4) is 0 Å². The van der Waals surface area contributed by atoms with Gasteiger partial charge in [0.05, 0.1) is 5.71 Å². The molecular formula is C16H22FNO. The lowest BCUT2D eigenvalue weighted by Crippen LogP contribution is -2.00. The molecule has 0 saturated heterocycles. The monoisotopic (exact) mass is 263 g/mol. The first-order valence-corrected chi connectivity index (χ1v) is 6.48. The molecule has 0 saturated carbocycles. The highest BCUT2D eigenvalue weighted by Gasteiger charge is 2.04. The number of hydrogen-bond donors (Lipinski definition) is 0. The molecule has 0 fully saturated rings. The molecule has 3 heteroatoms. The molecule has 0 amide bonds. The molecule has 0 unspecified atom stereocenters. The second-order valence-corrected chi connectivity index (χ2v) is 4.66. The second kappa shape index (κ2) is 7.85. The van der Waals surface area contributed by atoms with E-state index >= 15 is 0 Å². The number of nitrogens with zero attached hydrogens (tertiary/aromatic N) is 1. The highest BCUT2D eigenvalue weighted by Crippen LogP contribution is 2.13. The Kier molecular flexibility index (Phi) is 6.43. The Bertz CT molecular complexity index is 478. The quantitative estimate of drug-likeness (QED) is 0.563. The van der Waals surface area contributed by atoms with Gasteiger partial charge in [0.2, 0.25) is 0 Å².